The zero-order valence-corrected chi connectivity index (χ0v) is 12.3. The van der Waals surface area contributed by atoms with Crippen LogP contribution in [0.2, 0.25) is 0 Å². The van der Waals surface area contributed by atoms with Gasteiger partial charge in [0.2, 0.25) is 0 Å². The van der Waals surface area contributed by atoms with E-state index in [0.717, 1.165) is 18.3 Å². The predicted molar refractivity (Wildman–Crippen MR) is 79.3 cm³/mol. The van der Waals surface area contributed by atoms with E-state index in [1.54, 1.807) is 0 Å². The minimum atomic E-state index is 0.624. The fraction of sp³-hybridized carbons (Fsp3) is 0.625. The van der Waals surface area contributed by atoms with Gasteiger partial charge < -0.3 is 0 Å². The van der Waals surface area contributed by atoms with E-state index in [1.807, 2.05) is 0 Å². The summed E-state index contributed by atoms with van der Waals surface area (Å²) in [4.78, 5) is 2.55. The lowest BCUT2D eigenvalue weighted by Crippen LogP contribution is -2.33. The maximum atomic E-state index is 5.92. The molecule has 18 heavy (non-hydrogen) atoms. The minimum absolute atomic E-state index is 0.624. The first kappa shape index (κ1) is 13.9. The van der Waals surface area contributed by atoms with Crippen molar-refractivity contribution in [1.29, 1.82) is 0 Å². The summed E-state index contributed by atoms with van der Waals surface area (Å²) in [5.41, 5.74) is 2.86. The molecule has 0 spiro atoms. The molecule has 0 radical (unpaired) electrons. The van der Waals surface area contributed by atoms with Crippen LogP contribution < -0.4 is 0 Å². The van der Waals surface area contributed by atoms with Gasteiger partial charge in [0.05, 0.1) is 0 Å². The molecule has 0 N–H and O–H groups in total. The van der Waals surface area contributed by atoms with Crippen LogP contribution in [0, 0.1) is 5.92 Å². The third-order valence-electron chi connectivity index (χ3n) is 3.98. The number of nitrogens with zero attached hydrogens (tertiary/aromatic N) is 1. The lowest BCUT2D eigenvalue weighted by atomic mass is 9.98. The number of alkyl halides is 1. The Balaban J connectivity index is 1.86. The molecule has 1 aromatic rings. The lowest BCUT2D eigenvalue weighted by Gasteiger charge is -2.31. The lowest BCUT2D eigenvalue weighted by molar-refractivity contribution is 0.186. The molecule has 1 aromatic carbocycles. The van der Waals surface area contributed by atoms with Crippen molar-refractivity contribution in [2.24, 2.45) is 5.92 Å². The van der Waals surface area contributed by atoms with E-state index in [-0.39, 0.29) is 0 Å². The average Bonchev–Trinajstić information content (AvgIpc) is 2.40. The second kappa shape index (κ2) is 6.58. The summed E-state index contributed by atoms with van der Waals surface area (Å²) in [6.07, 6.45) is 2.52. The molecule has 0 bridgehead atoms. The molecule has 0 amide bonds. The Morgan fingerprint density at radius 1 is 1.17 bits per heavy atom. The van der Waals surface area contributed by atoms with Crippen molar-refractivity contribution in [1.82, 2.24) is 4.90 Å². The summed E-state index contributed by atoms with van der Waals surface area (Å²) in [5, 5.41) is 0. The van der Waals surface area contributed by atoms with E-state index in [9.17, 15) is 0 Å². The number of halogens is 1. The molecule has 2 heteroatoms. The van der Waals surface area contributed by atoms with E-state index in [0.29, 0.717) is 5.92 Å². The van der Waals surface area contributed by atoms with Crippen molar-refractivity contribution >= 4 is 11.6 Å². The first-order valence-electron chi connectivity index (χ1n) is 7.06. The summed E-state index contributed by atoms with van der Waals surface area (Å²) in [6.45, 7) is 7.97. The summed E-state index contributed by atoms with van der Waals surface area (Å²) >= 11 is 5.92. The topological polar surface area (TPSA) is 3.24 Å². The van der Waals surface area contributed by atoms with Gasteiger partial charge >= 0.3 is 0 Å². The SMILES string of the molecule is CC(C)c1ccc(CN2CCC(CCl)CC2)cc1. The van der Waals surface area contributed by atoms with Gasteiger partial charge in [0.1, 0.15) is 0 Å². The normalized spacial score (nSPS) is 18.4. The standard InChI is InChI=1S/C16H24ClN/c1-13(2)16-5-3-15(4-6-16)12-18-9-7-14(11-17)8-10-18/h3-6,13-14H,7-12H2,1-2H3. The molecular weight excluding hydrogens is 242 g/mol. The molecular formula is C16H24ClN. The fourth-order valence-corrected chi connectivity index (χ4v) is 2.87. The van der Waals surface area contributed by atoms with Crippen LogP contribution in [0.3, 0.4) is 0 Å². The largest absolute Gasteiger partial charge is 0.299 e. The van der Waals surface area contributed by atoms with E-state index < -0.39 is 0 Å². The Labute approximate surface area is 116 Å². The summed E-state index contributed by atoms with van der Waals surface area (Å²) in [7, 11) is 0. The second-order valence-corrected chi connectivity index (χ2v) is 6.08. The molecule has 1 fully saturated rings. The third-order valence-corrected chi connectivity index (χ3v) is 4.41. The molecule has 0 aromatic heterocycles. The highest BCUT2D eigenvalue weighted by Crippen LogP contribution is 2.21. The summed E-state index contributed by atoms with van der Waals surface area (Å²) < 4.78 is 0. The highest BCUT2D eigenvalue weighted by molar-refractivity contribution is 6.18. The molecule has 0 saturated carbocycles. The van der Waals surface area contributed by atoms with Crippen LogP contribution >= 0.6 is 11.6 Å². The van der Waals surface area contributed by atoms with Crippen LogP contribution in [-0.2, 0) is 6.54 Å². The van der Waals surface area contributed by atoms with Crippen LogP contribution in [0.5, 0.6) is 0 Å². The van der Waals surface area contributed by atoms with Gasteiger partial charge in [-0.1, -0.05) is 38.1 Å². The van der Waals surface area contributed by atoms with Crippen LogP contribution in [0.25, 0.3) is 0 Å². The Bertz CT molecular complexity index is 350. The molecule has 0 aliphatic carbocycles. The maximum absolute atomic E-state index is 5.92. The molecule has 0 unspecified atom stereocenters. The van der Waals surface area contributed by atoms with Gasteiger partial charge in [-0.2, -0.15) is 0 Å². The number of hydrogen-bond donors (Lipinski definition) is 0. The molecule has 0 atom stereocenters. The van der Waals surface area contributed by atoms with E-state index in [1.165, 1.54) is 37.1 Å². The number of rotatable bonds is 4. The summed E-state index contributed by atoms with van der Waals surface area (Å²) in [6, 6.07) is 9.10. The molecule has 1 heterocycles. The zero-order valence-electron chi connectivity index (χ0n) is 11.5. The molecule has 2 rings (SSSR count). The average molecular weight is 266 g/mol. The molecule has 1 nitrogen and oxygen atoms in total. The highest BCUT2D eigenvalue weighted by atomic mass is 35.5. The number of likely N-dealkylation sites (tertiary alicyclic amines) is 1. The van der Waals surface area contributed by atoms with Crippen LogP contribution in [0.15, 0.2) is 24.3 Å². The van der Waals surface area contributed by atoms with Gasteiger partial charge in [0.25, 0.3) is 0 Å². The van der Waals surface area contributed by atoms with Crippen molar-refractivity contribution in [3.05, 3.63) is 35.4 Å². The third kappa shape index (κ3) is 3.73. The number of benzene rings is 1. The van der Waals surface area contributed by atoms with E-state index in [4.69, 9.17) is 11.6 Å². The van der Waals surface area contributed by atoms with Crippen molar-refractivity contribution in [3.8, 4) is 0 Å². The zero-order chi connectivity index (χ0) is 13.0. The Morgan fingerprint density at radius 2 is 1.78 bits per heavy atom. The van der Waals surface area contributed by atoms with E-state index >= 15 is 0 Å². The van der Waals surface area contributed by atoms with Gasteiger partial charge in [-0.05, 0) is 48.9 Å². The van der Waals surface area contributed by atoms with Gasteiger partial charge in [0, 0.05) is 12.4 Å². The Morgan fingerprint density at radius 3 is 2.28 bits per heavy atom. The van der Waals surface area contributed by atoms with Crippen molar-refractivity contribution < 1.29 is 0 Å². The van der Waals surface area contributed by atoms with Crippen molar-refractivity contribution in [2.75, 3.05) is 19.0 Å². The van der Waals surface area contributed by atoms with E-state index in [2.05, 4.69) is 43.0 Å². The van der Waals surface area contributed by atoms with Gasteiger partial charge in [0.15, 0.2) is 0 Å². The fourth-order valence-electron chi connectivity index (χ4n) is 2.57. The second-order valence-electron chi connectivity index (χ2n) is 5.77. The first-order chi connectivity index (χ1) is 8.69. The van der Waals surface area contributed by atoms with Crippen molar-refractivity contribution in [2.45, 2.75) is 39.2 Å². The van der Waals surface area contributed by atoms with Gasteiger partial charge in [-0.3, -0.25) is 4.90 Å². The highest BCUT2D eigenvalue weighted by Gasteiger charge is 2.18. The molecule has 1 aliphatic rings. The smallest absolute Gasteiger partial charge is 0.0252 e. The Hall–Kier alpha value is -0.530. The molecule has 1 aliphatic heterocycles. The van der Waals surface area contributed by atoms with Crippen LogP contribution in [0.1, 0.15) is 43.7 Å². The molecule has 100 valence electrons. The monoisotopic (exact) mass is 265 g/mol. The number of piperidine rings is 1. The Kier molecular flexibility index (Phi) is 5.08. The van der Waals surface area contributed by atoms with Crippen LogP contribution in [0.4, 0.5) is 0 Å². The maximum Gasteiger partial charge on any atom is 0.0252 e. The quantitative estimate of drug-likeness (QED) is 0.736. The molecule has 1 saturated heterocycles. The van der Waals surface area contributed by atoms with Crippen LogP contribution in [-0.4, -0.2) is 23.9 Å². The minimum Gasteiger partial charge on any atom is -0.299 e. The summed E-state index contributed by atoms with van der Waals surface area (Å²) in [5.74, 6) is 2.20. The van der Waals surface area contributed by atoms with Crippen molar-refractivity contribution in [3.63, 3.8) is 0 Å². The van der Waals surface area contributed by atoms with Gasteiger partial charge in [-0.15, -0.1) is 11.6 Å². The van der Waals surface area contributed by atoms with Gasteiger partial charge in [-0.25, -0.2) is 0 Å². The first-order valence-corrected chi connectivity index (χ1v) is 7.59. The predicted octanol–water partition coefficient (Wildman–Crippen LogP) is 4.26. The number of hydrogen-bond acceptors (Lipinski definition) is 1.